The largest absolute Gasteiger partial charge is 0.450 e. The maximum atomic E-state index is 6.02. The van der Waals surface area contributed by atoms with Crippen LogP contribution in [0.15, 0.2) is 33.4 Å². The Bertz CT molecular complexity index is 808. The number of hydrogen-bond acceptors (Lipinski definition) is 5. The Labute approximate surface area is 130 Å². The van der Waals surface area contributed by atoms with Crippen LogP contribution in [0.25, 0.3) is 22.1 Å². The lowest BCUT2D eigenvalue weighted by atomic mass is 10.2. The highest BCUT2D eigenvalue weighted by Crippen LogP contribution is 2.33. The van der Waals surface area contributed by atoms with E-state index < -0.39 is 0 Å². The van der Waals surface area contributed by atoms with Gasteiger partial charge in [0.2, 0.25) is 0 Å². The molecule has 6 heteroatoms. The first-order chi connectivity index (χ1) is 10.2. The number of nitrogens with zero attached hydrogens (tertiary/aromatic N) is 4. The van der Waals surface area contributed by atoms with Gasteiger partial charge in [-0.3, -0.25) is 0 Å². The van der Waals surface area contributed by atoms with Crippen molar-refractivity contribution in [2.75, 3.05) is 38.1 Å². The average molecular weight is 347 g/mol. The van der Waals surface area contributed by atoms with Gasteiger partial charge in [0.1, 0.15) is 17.4 Å². The first kappa shape index (κ1) is 13.0. The molecule has 108 valence electrons. The highest BCUT2D eigenvalue weighted by molar-refractivity contribution is 9.10. The Kier molecular flexibility index (Phi) is 3.08. The molecule has 0 radical (unpaired) electrons. The molecule has 1 saturated heterocycles. The van der Waals surface area contributed by atoms with E-state index in [-0.39, 0.29) is 0 Å². The van der Waals surface area contributed by atoms with Gasteiger partial charge < -0.3 is 14.2 Å². The zero-order valence-corrected chi connectivity index (χ0v) is 13.3. The molecule has 0 spiro atoms. The van der Waals surface area contributed by atoms with E-state index in [2.05, 4.69) is 42.7 Å². The van der Waals surface area contributed by atoms with E-state index in [9.17, 15) is 0 Å². The summed E-state index contributed by atoms with van der Waals surface area (Å²) in [5.41, 5.74) is 2.52. The summed E-state index contributed by atoms with van der Waals surface area (Å²) >= 11 is 3.50. The normalized spacial score (nSPS) is 17.0. The molecule has 3 heterocycles. The first-order valence-corrected chi connectivity index (χ1v) is 7.78. The fraction of sp³-hybridized carbons (Fsp3) is 0.333. The summed E-state index contributed by atoms with van der Waals surface area (Å²) < 4.78 is 7.04. The molecule has 1 fully saturated rings. The van der Waals surface area contributed by atoms with Gasteiger partial charge in [0.25, 0.3) is 0 Å². The van der Waals surface area contributed by atoms with Crippen molar-refractivity contribution in [3.8, 4) is 0 Å². The van der Waals surface area contributed by atoms with Crippen LogP contribution >= 0.6 is 15.9 Å². The van der Waals surface area contributed by atoms with Gasteiger partial charge in [-0.2, -0.15) is 0 Å². The first-order valence-electron chi connectivity index (χ1n) is 6.98. The van der Waals surface area contributed by atoms with E-state index >= 15 is 0 Å². The molecule has 1 aromatic carbocycles. The summed E-state index contributed by atoms with van der Waals surface area (Å²) in [5, 5.41) is 1.03. The molecule has 21 heavy (non-hydrogen) atoms. The number of halogens is 1. The van der Waals surface area contributed by atoms with Gasteiger partial charge in [-0.15, -0.1) is 0 Å². The van der Waals surface area contributed by atoms with Gasteiger partial charge in [-0.25, -0.2) is 9.97 Å². The van der Waals surface area contributed by atoms with Crippen LogP contribution in [0.4, 0.5) is 5.82 Å². The second-order valence-corrected chi connectivity index (χ2v) is 6.32. The zero-order chi connectivity index (χ0) is 14.4. The number of piperazine rings is 1. The molecule has 0 atom stereocenters. The van der Waals surface area contributed by atoms with E-state index in [4.69, 9.17) is 4.42 Å². The summed E-state index contributed by atoms with van der Waals surface area (Å²) in [6.07, 6.45) is 1.63. The molecule has 4 rings (SSSR count). The predicted molar refractivity (Wildman–Crippen MR) is 86.7 cm³/mol. The predicted octanol–water partition coefficient (Wildman–Crippen LogP) is 2.89. The molecule has 0 N–H and O–H groups in total. The van der Waals surface area contributed by atoms with E-state index in [0.717, 1.165) is 58.5 Å². The van der Waals surface area contributed by atoms with Crippen molar-refractivity contribution in [3.63, 3.8) is 0 Å². The molecular weight excluding hydrogens is 332 g/mol. The second kappa shape index (κ2) is 4.96. The van der Waals surface area contributed by atoms with Crippen molar-refractivity contribution in [2.24, 2.45) is 0 Å². The van der Waals surface area contributed by atoms with Crippen molar-refractivity contribution < 1.29 is 4.42 Å². The SMILES string of the molecule is CN1CCN(c2ncnc3c2oc2ccc(Br)cc23)CC1. The van der Waals surface area contributed by atoms with Crippen molar-refractivity contribution >= 4 is 43.8 Å². The third-order valence-electron chi connectivity index (χ3n) is 4.00. The van der Waals surface area contributed by atoms with Gasteiger partial charge in [-0.05, 0) is 25.2 Å². The van der Waals surface area contributed by atoms with Crippen molar-refractivity contribution in [1.82, 2.24) is 14.9 Å². The number of rotatable bonds is 1. The Hall–Kier alpha value is -1.66. The molecule has 1 aliphatic rings. The molecule has 0 amide bonds. The van der Waals surface area contributed by atoms with Crippen LogP contribution in [0.3, 0.4) is 0 Å². The van der Waals surface area contributed by atoms with Gasteiger partial charge in [0, 0.05) is 36.0 Å². The van der Waals surface area contributed by atoms with Crippen LogP contribution in [0.2, 0.25) is 0 Å². The Morgan fingerprint density at radius 1 is 1.14 bits per heavy atom. The fourth-order valence-electron chi connectivity index (χ4n) is 2.78. The molecule has 5 nitrogen and oxygen atoms in total. The summed E-state index contributed by atoms with van der Waals surface area (Å²) in [6, 6.07) is 5.99. The van der Waals surface area contributed by atoms with Crippen LogP contribution in [-0.4, -0.2) is 48.1 Å². The monoisotopic (exact) mass is 346 g/mol. The van der Waals surface area contributed by atoms with Crippen LogP contribution < -0.4 is 4.90 Å². The Balaban J connectivity index is 1.88. The lowest BCUT2D eigenvalue weighted by molar-refractivity contribution is 0.312. The Morgan fingerprint density at radius 2 is 1.95 bits per heavy atom. The summed E-state index contributed by atoms with van der Waals surface area (Å²) in [5.74, 6) is 0.903. The van der Waals surface area contributed by atoms with Crippen molar-refractivity contribution in [3.05, 3.63) is 29.0 Å². The van der Waals surface area contributed by atoms with Crippen molar-refractivity contribution in [1.29, 1.82) is 0 Å². The summed E-state index contributed by atoms with van der Waals surface area (Å²) in [6.45, 7) is 4.00. The maximum absolute atomic E-state index is 6.02. The van der Waals surface area contributed by atoms with Crippen LogP contribution in [-0.2, 0) is 0 Å². The van der Waals surface area contributed by atoms with E-state index in [0.29, 0.717) is 0 Å². The topological polar surface area (TPSA) is 45.4 Å². The van der Waals surface area contributed by atoms with E-state index in [1.165, 1.54) is 0 Å². The zero-order valence-electron chi connectivity index (χ0n) is 11.7. The molecule has 3 aromatic rings. The van der Waals surface area contributed by atoms with E-state index in [1.54, 1.807) is 6.33 Å². The highest BCUT2D eigenvalue weighted by Gasteiger charge is 2.21. The lowest BCUT2D eigenvalue weighted by Gasteiger charge is -2.32. The fourth-order valence-corrected chi connectivity index (χ4v) is 3.14. The molecular formula is C15H15BrN4O. The number of likely N-dealkylation sites (N-methyl/N-ethyl adjacent to an activating group) is 1. The third-order valence-corrected chi connectivity index (χ3v) is 4.49. The minimum atomic E-state index is 0.787. The molecule has 2 aromatic heterocycles. The van der Waals surface area contributed by atoms with Crippen LogP contribution in [0.5, 0.6) is 0 Å². The summed E-state index contributed by atoms with van der Waals surface area (Å²) in [7, 11) is 2.14. The number of benzene rings is 1. The minimum absolute atomic E-state index is 0.787. The minimum Gasteiger partial charge on any atom is -0.450 e. The molecule has 0 bridgehead atoms. The molecule has 0 saturated carbocycles. The van der Waals surface area contributed by atoms with E-state index in [1.807, 2.05) is 18.2 Å². The lowest BCUT2D eigenvalue weighted by Crippen LogP contribution is -2.44. The highest BCUT2D eigenvalue weighted by atomic mass is 79.9. The number of hydrogen-bond donors (Lipinski definition) is 0. The number of anilines is 1. The molecule has 0 unspecified atom stereocenters. The van der Waals surface area contributed by atoms with Crippen molar-refractivity contribution in [2.45, 2.75) is 0 Å². The second-order valence-electron chi connectivity index (χ2n) is 5.41. The van der Waals surface area contributed by atoms with Crippen LogP contribution in [0, 0.1) is 0 Å². The van der Waals surface area contributed by atoms with Crippen LogP contribution in [0.1, 0.15) is 0 Å². The maximum Gasteiger partial charge on any atom is 0.196 e. The molecule has 1 aliphatic heterocycles. The standard InChI is InChI=1S/C15H15BrN4O/c1-19-4-6-20(7-5-19)15-14-13(17-9-18-15)11-8-10(16)2-3-12(11)21-14/h2-3,8-9H,4-7H2,1H3. The van der Waals surface area contributed by atoms with Gasteiger partial charge in [0.15, 0.2) is 11.4 Å². The third kappa shape index (κ3) is 2.18. The smallest absolute Gasteiger partial charge is 0.196 e. The Morgan fingerprint density at radius 3 is 2.76 bits per heavy atom. The quantitative estimate of drug-likeness (QED) is 0.677. The number of furan rings is 1. The summed E-state index contributed by atoms with van der Waals surface area (Å²) in [4.78, 5) is 13.5. The number of fused-ring (bicyclic) bond motifs is 3. The van der Waals surface area contributed by atoms with Gasteiger partial charge in [-0.1, -0.05) is 15.9 Å². The number of aromatic nitrogens is 2. The van der Waals surface area contributed by atoms with Gasteiger partial charge >= 0.3 is 0 Å². The van der Waals surface area contributed by atoms with Gasteiger partial charge in [0.05, 0.1) is 0 Å². The average Bonchev–Trinajstić information content (AvgIpc) is 2.86. The molecule has 0 aliphatic carbocycles.